The molecule has 86 valence electrons. The first-order valence-corrected chi connectivity index (χ1v) is 5.85. The van der Waals surface area contributed by atoms with Crippen LogP contribution in [0.2, 0.25) is 0 Å². The van der Waals surface area contributed by atoms with Crippen LogP contribution < -0.4 is 10.1 Å². The van der Waals surface area contributed by atoms with Gasteiger partial charge in [0.15, 0.2) is 0 Å². The van der Waals surface area contributed by atoms with E-state index in [4.69, 9.17) is 4.74 Å². The molecule has 16 heavy (non-hydrogen) atoms. The van der Waals surface area contributed by atoms with E-state index in [0.717, 1.165) is 36.7 Å². The van der Waals surface area contributed by atoms with Crippen molar-refractivity contribution in [3.63, 3.8) is 0 Å². The number of nitrogens with zero attached hydrogens (tertiary/aromatic N) is 1. The first-order valence-electron chi connectivity index (χ1n) is 5.85. The van der Waals surface area contributed by atoms with Crippen LogP contribution in [0.3, 0.4) is 0 Å². The second-order valence-corrected chi connectivity index (χ2v) is 4.02. The minimum Gasteiger partial charge on any atom is -0.491 e. The molecule has 0 amide bonds. The van der Waals surface area contributed by atoms with Crippen molar-refractivity contribution in [3.05, 3.63) is 29.8 Å². The van der Waals surface area contributed by atoms with Crippen molar-refractivity contribution < 1.29 is 4.74 Å². The number of rotatable bonds is 4. The molecule has 1 N–H and O–H groups in total. The Balaban J connectivity index is 2.13. The average Bonchev–Trinajstić information content (AvgIpc) is 2.83. The number of nitrogens with one attached hydrogen (secondary N) is 1. The van der Waals surface area contributed by atoms with E-state index in [1.165, 1.54) is 0 Å². The average molecular weight is 218 g/mol. The molecular weight excluding hydrogens is 200 g/mol. The van der Waals surface area contributed by atoms with E-state index in [2.05, 4.69) is 30.2 Å². The highest BCUT2D eigenvalue weighted by molar-refractivity contribution is 6.00. The summed E-state index contributed by atoms with van der Waals surface area (Å²) in [5, 5.41) is 3.26. The highest BCUT2D eigenvalue weighted by Crippen LogP contribution is 2.16. The van der Waals surface area contributed by atoms with Gasteiger partial charge in [-0.1, -0.05) is 19.1 Å². The SMILES string of the molecule is CCC(C)Oc1cccc(C2=NCCN2)c1. The van der Waals surface area contributed by atoms with Crippen molar-refractivity contribution in [1.82, 2.24) is 5.32 Å². The second kappa shape index (κ2) is 5.01. The number of hydrogen-bond acceptors (Lipinski definition) is 3. The maximum absolute atomic E-state index is 5.78. The maximum Gasteiger partial charge on any atom is 0.128 e. The zero-order chi connectivity index (χ0) is 11.4. The Morgan fingerprint density at radius 1 is 1.50 bits per heavy atom. The van der Waals surface area contributed by atoms with Gasteiger partial charge in [0.2, 0.25) is 0 Å². The van der Waals surface area contributed by atoms with Crippen LogP contribution >= 0.6 is 0 Å². The lowest BCUT2D eigenvalue weighted by Crippen LogP contribution is -2.19. The Morgan fingerprint density at radius 2 is 2.38 bits per heavy atom. The lowest BCUT2D eigenvalue weighted by molar-refractivity contribution is 0.217. The topological polar surface area (TPSA) is 33.6 Å². The van der Waals surface area contributed by atoms with Crippen LogP contribution in [0.15, 0.2) is 29.3 Å². The van der Waals surface area contributed by atoms with E-state index in [-0.39, 0.29) is 6.10 Å². The normalized spacial score (nSPS) is 16.5. The van der Waals surface area contributed by atoms with Gasteiger partial charge >= 0.3 is 0 Å². The molecule has 1 aromatic rings. The summed E-state index contributed by atoms with van der Waals surface area (Å²) >= 11 is 0. The highest BCUT2D eigenvalue weighted by atomic mass is 16.5. The van der Waals surface area contributed by atoms with E-state index < -0.39 is 0 Å². The van der Waals surface area contributed by atoms with Crippen molar-refractivity contribution in [2.24, 2.45) is 4.99 Å². The Hall–Kier alpha value is -1.51. The molecule has 0 aliphatic carbocycles. The van der Waals surface area contributed by atoms with Crippen LogP contribution in [0.5, 0.6) is 5.75 Å². The van der Waals surface area contributed by atoms with Gasteiger partial charge in [-0.25, -0.2) is 0 Å². The Labute approximate surface area is 96.5 Å². The number of aliphatic imine (C=N–C) groups is 1. The van der Waals surface area contributed by atoms with Crippen LogP contribution in [-0.4, -0.2) is 25.0 Å². The first-order chi connectivity index (χ1) is 7.79. The van der Waals surface area contributed by atoms with Gasteiger partial charge < -0.3 is 10.1 Å². The maximum atomic E-state index is 5.78. The fourth-order valence-electron chi connectivity index (χ4n) is 1.62. The molecule has 1 aromatic carbocycles. The number of hydrogen-bond donors (Lipinski definition) is 1. The van der Waals surface area contributed by atoms with Crippen LogP contribution in [0.25, 0.3) is 0 Å². The third kappa shape index (κ3) is 2.54. The Kier molecular flexibility index (Phi) is 3.44. The van der Waals surface area contributed by atoms with E-state index in [1.54, 1.807) is 0 Å². The number of benzene rings is 1. The fourth-order valence-corrected chi connectivity index (χ4v) is 1.62. The van der Waals surface area contributed by atoms with Gasteiger partial charge in [-0.15, -0.1) is 0 Å². The molecule has 2 rings (SSSR count). The molecule has 0 saturated carbocycles. The fraction of sp³-hybridized carbons (Fsp3) is 0.462. The molecule has 0 saturated heterocycles. The summed E-state index contributed by atoms with van der Waals surface area (Å²) in [6, 6.07) is 8.10. The summed E-state index contributed by atoms with van der Waals surface area (Å²) in [7, 11) is 0. The van der Waals surface area contributed by atoms with Crippen LogP contribution in [0, 0.1) is 0 Å². The zero-order valence-electron chi connectivity index (χ0n) is 9.86. The standard InChI is InChI=1S/C13H18N2O/c1-3-10(2)16-12-6-4-5-11(9-12)13-14-7-8-15-13/h4-6,9-10H,3,7-8H2,1-2H3,(H,14,15). The van der Waals surface area contributed by atoms with E-state index in [9.17, 15) is 0 Å². The zero-order valence-corrected chi connectivity index (χ0v) is 9.86. The molecular formula is C13H18N2O. The number of amidine groups is 1. The smallest absolute Gasteiger partial charge is 0.128 e. The van der Waals surface area contributed by atoms with Gasteiger partial charge in [-0.3, -0.25) is 4.99 Å². The third-order valence-electron chi connectivity index (χ3n) is 2.69. The summed E-state index contributed by atoms with van der Waals surface area (Å²) in [4.78, 5) is 4.40. The molecule has 1 aliphatic heterocycles. The van der Waals surface area contributed by atoms with Gasteiger partial charge in [0.1, 0.15) is 11.6 Å². The first kappa shape index (κ1) is 11.0. The van der Waals surface area contributed by atoms with Crippen molar-refractivity contribution in [1.29, 1.82) is 0 Å². The molecule has 0 radical (unpaired) electrons. The summed E-state index contributed by atoms with van der Waals surface area (Å²) < 4.78 is 5.78. The van der Waals surface area contributed by atoms with Gasteiger partial charge in [-0.2, -0.15) is 0 Å². The third-order valence-corrected chi connectivity index (χ3v) is 2.69. The van der Waals surface area contributed by atoms with E-state index in [0.29, 0.717) is 0 Å². The van der Waals surface area contributed by atoms with Gasteiger partial charge in [-0.05, 0) is 25.5 Å². The highest BCUT2D eigenvalue weighted by Gasteiger charge is 2.09. The predicted molar refractivity (Wildman–Crippen MR) is 66.2 cm³/mol. The van der Waals surface area contributed by atoms with Crippen molar-refractivity contribution in [2.75, 3.05) is 13.1 Å². The van der Waals surface area contributed by atoms with E-state index >= 15 is 0 Å². The van der Waals surface area contributed by atoms with Gasteiger partial charge in [0.25, 0.3) is 0 Å². The minimum absolute atomic E-state index is 0.258. The molecule has 0 spiro atoms. The van der Waals surface area contributed by atoms with Crippen molar-refractivity contribution in [2.45, 2.75) is 26.4 Å². The largest absolute Gasteiger partial charge is 0.491 e. The minimum atomic E-state index is 0.258. The molecule has 3 nitrogen and oxygen atoms in total. The Morgan fingerprint density at radius 3 is 3.06 bits per heavy atom. The molecule has 0 bridgehead atoms. The molecule has 1 atom stereocenters. The second-order valence-electron chi connectivity index (χ2n) is 4.02. The quantitative estimate of drug-likeness (QED) is 0.840. The molecule has 3 heteroatoms. The molecule has 0 aromatic heterocycles. The monoisotopic (exact) mass is 218 g/mol. The summed E-state index contributed by atoms with van der Waals surface area (Å²) in [5.74, 6) is 1.90. The van der Waals surface area contributed by atoms with Crippen LogP contribution in [0.1, 0.15) is 25.8 Å². The lowest BCUT2D eigenvalue weighted by atomic mass is 10.2. The lowest BCUT2D eigenvalue weighted by Gasteiger charge is -2.13. The number of ether oxygens (including phenoxy) is 1. The van der Waals surface area contributed by atoms with E-state index in [1.807, 2.05) is 18.2 Å². The molecule has 1 aliphatic rings. The Bertz CT molecular complexity index is 387. The van der Waals surface area contributed by atoms with Crippen LogP contribution in [-0.2, 0) is 0 Å². The van der Waals surface area contributed by atoms with Crippen molar-refractivity contribution >= 4 is 5.84 Å². The summed E-state index contributed by atoms with van der Waals surface area (Å²) in [5.41, 5.74) is 1.11. The molecule has 1 unspecified atom stereocenters. The predicted octanol–water partition coefficient (Wildman–Crippen LogP) is 2.21. The summed E-state index contributed by atoms with van der Waals surface area (Å²) in [6.45, 7) is 6.01. The summed E-state index contributed by atoms with van der Waals surface area (Å²) in [6.07, 6.45) is 1.28. The molecule has 0 fully saturated rings. The molecule has 1 heterocycles. The van der Waals surface area contributed by atoms with Gasteiger partial charge in [0, 0.05) is 12.1 Å². The van der Waals surface area contributed by atoms with Crippen molar-refractivity contribution in [3.8, 4) is 5.75 Å². The van der Waals surface area contributed by atoms with Crippen LogP contribution in [0.4, 0.5) is 0 Å². The van der Waals surface area contributed by atoms with Gasteiger partial charge in [0.05, 0.1) is 12.6 Å².